The predicted molar refractivity (Wildman–Crippen MR) is 110 cm³/mol. The highest BCUT2D eigenvalue weighted by molar-refractivity contribution is 6.54. The molecule has 1 saturated heterocycles. The van der Waals surface area contributed by atoms with Gasteiger partial charge in [0.15, 0.2) is 0 Å². The van der Waals surface area contributed by atoms with Gasteiger partial charge in [0, 0.05) is 19.3 Å². The number of carbonyl (C=O) groups is 2. The Morgan fingerprint density at radius 1 is 0.897 bits per heavy atom. The zero-order valence-electron chi connectivity index (χ0n) is 19.4. The van der Waals surface area contributed by atoms with E-state index in [0.29, 0.717) is 5.60 Å². The highest BCUT2D eigenvalue weighted by Crippen LogP contribution is 2.40. The zero-order chi connectivity index (χ0) is 22.4. The van der Waals surface area contributed by atoms with Gasteiger partial charge in [-0.1, -0.05) is 0 Å². The molecular formula is C20H35BN2O6. The molecule has 2 amide bonds. The van der Waals surface area contributed by atoms with Gasteiger partial charge < -0.3 is 18.8 Å². The summed E-state index contributed by atoms with van der Waals surface area (Å²) < 4.78 is 23.3. The van der Waals surface area contributed by atoms with E-state index >= 15 is 0 Å². The minimum Gasteiger partial charge on any atom is -0.443 e. The number of hydrogen-bond donors (Lipinski definition) is 0. The van der Waals surface area contributed by atoms with E-state index in [1.807, 2.05) is 27.7 Å². The summed E-state index contributed by atoms with van der Waals surface area (Å²) in [5, 5.41) is 0. The molecule has 0 unspecified atom stereocenters. The first-order valence-electron chi connectivity index (χ1n) is 9.99. The van der Waals surface area contributed by atoms with E-state index in [-0.39, 0.29) is 13.1 Å². The van der Waals surface area contributed by atoms with E-state index in [2.05, 4.69) is 0 Å². The van der Waals surface area contributed by atoms with Crippen molar-refractivity contribution in [1.29, 1.82) is 0 Å². The van der Waals surface area contributed by atoms with Crippen LogP contribution in [-0.2, 0) is 18.8 Å². The van der Waals surface area contributed by atoms with Crippen LogP contribution >= 0.6 is 0 Å². The molecule has 2 aliphatic rings. The Balaban J connectivity index is 2.35. The van der Waals surface area contributed by atoms with E-state index in [1.165, 1.54) is 9.80 Å². The van der Waals surface area contributed by atoms with Gasteiger partial charge in [0.2, 0.25) is 0 Å². The van der Waals surface area contributed by atoms with Crippen molar-refractivity contribution in [2.24, 2.45) is 0 Å². The fourth-order valence-corrected chi connectivity index (χ4v) is 2.76. The second kappa shape index (κ2) is 7.50. The first-order valence-corrected chi connectivity index (χ1v) is 9.99. The molecule has 0 atom stereocenters. The van der Waals surface area contributed by atoms with Crippen LogP contribution in [0, 0.1) is 0 Å². The summed E-state index contributed by atoms with van der Waals surface area (Å²) in [5.74, 6) is 0. The third-order valence-electron chi connectivity index (χ3n) is 4.90. The average molecular weight is 410 g/mol. The Hall–Kier alpha value is -1.74. The lowest BCUT2D eigenvalue weighted by atomic mass is 9.83. The summed E-state index contributed by atoms with van der Waals surface area (Å²) in [6.45, 7) is 19.1. The molecule has 0 radical (unpaired) electrons. The van der Waals surface area contributed by atoms with Crippen molar-refractivity contribution in [2.45, 2.75) is 91.6 Å². The van der Waals surface area contributed by atoms with Gasteiger partial charge in [-0.15, -0.1) is 0 Å². The van der Waals surface area contributed by atoms with Gasteiger partial charge in [-0.05, 0) is 69.2 Å². The van der Waals surface area contributed by atoms with Gasteiger partial charge in [-0.2, -0.15) is 0 Å². The van der Waals surface area contributed by atoms with Gasteiger partial charge in [-0.3, -0.25) is 9.80 Å². The summed E-state index contributed by atoms with van der Waals surface area (Å²) in [6, 6.07) is 0. The highest BCUT2D eigenvalue weighted by Gasteiger charge is 2.55. The van der Waals surface area contributed by atoms with Crippen molar-refractivity contribution in [2.75, 3.05) is 13.1 Å². The fourth-order valence-electron chi connectivity index (χ4n) is 2.76. The van der Waals surface area contributed by atoms with Crippen molar-refractivity contribution in [3.8, 4) is 0 Å². The number of hydrogen-bond acceptors (Lipinski definition) is 6. The monoisotopic (exact) mass is 410 g/mol. The number of carbonyl (C=O) groups excluding carboxylic acids is 2. The Morgan fingerprint density at radius 2 is 1.34 bits per heavy atom. The minimum absolute atomic E-state index is 0.240. The van der Waals surface area contributed by atoms with Crippen LogP contribution in [0.4, 0.5) is 9.59 Å². The largest absolute Gasteiger partial charge is 0.514 e. The molecule has 29 heavy (non-hydrogen) atoms. The second-order valence-corrected chi connectivity index (χ2v) is 10.4. The van der Waals surface area contributed by atoms with Crippen LogP contribution in [0.15, 0.2) is 11.8 Å². The Bertz CT molecular complexity index is 674. The maximum absolute atomic E-state index is 12.8. The van der Waals surface area contributed by atoms with Crippen molar-refractivity contribution < 1.29 is 28.4 Å². The van der Waals surface area contributed by atoms with Crippen molar-refractivity contribution in [3.63, 3.8) is 0 Å². The standard InChI is InChI=1S/C20H35BN2O6/c1-17(2,3)26-15(24)22-11-12-23(16(25)27-18(4,5)6)14(13-22)21-28-19(7,8)20(9,10)29-21/h13H,11-12H2,1-10H3. The minimum atomic E-state index is -0.822. The summed E-state index contributed by atoms with van der Waals surface area (Å²) >= 11 is 0. The quantitative estimate of drug-likeness (QED) is 0.610. The average Bonchev–Trinajstić information content (AvgIpc) is 2.71. The molecule has 0 aromatic carbocycles. The molecule has 2 heterocycles. The molecular weight excluding hydrogens is 375 g/mol. The van der Waals surface area contributed by atoms with Crippen LogP contribution in [0.3, 0.4) is 0 Å². The third-order valence-corrected chi connectivity index (χ3v) is 4.90. The highest BCUT2D eigenvalue weighted by atomic mass is 16.7. The van der Waals surface area contributed by atoms with Crippen molar-refractivity contribution in [3.05, 3.63) is 11.8 Å². The van der Waals surface area contributed by atoms with Gasteiger partial charge in [0.1, 0.15) is 11.2 Å². The number of amides is 2. The molecule has 0 bridgehead atoms. The lowest BCUT2D eigenvalue weighted by Gasteiger charge is -2.36. The second-order valence-electron chi connectivity index (χ2n) is 10.4. The molecule has 1 fully saturated rings. The normalized spacial score (nSPS) is 21.7. The Kier molecular flexibility index (Phi) is 6.09. The van der Waals surface area contributed by atoms with Crippen molar-refractivity contribution in [1.82, 2.24) is 9.80 Å². The van der Waals surface area contributed by atoms with Crippen LogP contribution < -0.4 is 0 Å². The maximum Gasteiger partial charge on any atom is 0.514 e. The molecule has 2 rings (SSSR count). The van der Waals surface area contributed by atoms with Crippen LogP contribution in [0.2, 0.25) is 0 Å². The molecule has 0 aromatic heterocycles. The molecule has 9 heteroatoms. The summed E-state index contributed by atoms with van der Waals surface area (Å²) in [6.07, 6.45) is 0.557. The van der Waals surface area contributed by atoms with Crippen LogP contribution in [0.25, 0.3) is 0 Å². The van der Waals surface area contributed by atoms with E-state index in [0.717, 1.165) is 0 Å². The summed E-state index contributed by atoms with van der Waals surface area (Å²) in [7, 11) is -0.822. The molecule has 0 saturated carbocycles. The maximum atomic E-state index is 12.8. The molecule has 0 aliphatic carbocycles. The smallest absolute Gasteiger partial charge is 0.443 e. The summed E-state index contributed by atoms with van der Waals surface area (Å²) in [4.78, 5) is 28.3. The third kappa shape index (κ3) is 5.66. The van der Waals surface area contributed by atoms with E-state index in [4.69, 9.17) is 18.8 Å². The molecule has 0 N–H and O–H groups in total. The van der Waals surface area contributed by atoms with Crippen molar-refractivity contribution >= 4 is 19.3 Å². The van der Waals surface area contributed by atoms with E-state index in [9.17, 15) is 9.59 Å². The zero-order valence-corrected chi connectivity index (χ0v) is 19.4. The van der Waals surface area contributed by atoms with Gasteiger partial charge in [0.05, 0.1) is 16.8 Å². The first-order chi connectivity index (χ1) is 12.9. The molecule has 164 valence electrons. The van der Waals surface area contributed by atoms with Crippen LogP contribution in [0.5, 0.6) is 0 Å². The SMILES string of the molecule is CC(C)(C)OC(=O)N1C=C(B2OC(C)(C)C(C)(C)O2)N(C(=O)OC(C)(C)C)CC1. The van der Waals surface area contributed by atoms with Gasteiger partial charge in [-0.25, -0.2) is 9.59 Å². The Morgan fingerprint density at radius 3 is 1.79 bits per heavy atom. The van der Waals surface area contributed by atoms with Crippen LogP contribution in [-0.4, -0.2) is 64.6 Å². The molecule has 0 aromatic rings. The number of ether oxygens (including phenoxy) is 2. The van der Waals surface area contributed by atoms with Gasteiger partial charge >= 0.3 is 19.3 Å². The van der Waals surface area contributed by atoms with Crippen LogP contribution in [0.1, 0.15) is 69.2 Å². The summed E-state index contributed by atoms with van der Waals surface area (Å²) in [5.41, 5.74) is -2.05. The molecule has 8 nitrogen and oxygen atoms in total. The number of rotatable bonds is 1. The molecule has 0 spiro atoms. The van der Waals surface area contributed by atoms with E-state index < -0.39 is 41.7 Å². The first kappa shape index (κ1) is 23.5. The lowest BCUT2D eigenvalue weighted by molar-refractivity contribution is 0.00578. The topological polar surface area (TPSA) is 77.5 Å². The number of nitrogens with zero attached hydrogens (tertiary/aromatic N) is 2. The Labute approximate surface area is 174 Å². The molecule has 2 aliphatic heterocycles. The van der Waals surface area contributed by atoms with Gasteiger partial charge in [0.25, 0.3) is 0 Å². The predicted octanol–water partition coefficient (Wildman–Crippen LogP) is 3.95. The lowest BCUT2D eigenvalue weighted by Crippen LogP contribution is -2.50. The van der Waals surface area contributed by atoms with E-state index in [1.54, 1.807) is 47.7 Å². The fraction of sp³-hybridized carbons (Fsp3) is 0.800.